The van der Waals surface area contributed by atoms with E-state index in [1.807, 2.05) is 26.0 Å². The number of ether oxygens (including phenoxy) is 2. The number of nitrogens with one attached hydrogen (secondary N) is 1. The zero-order valence-corrected chi connectivity index (χ0v) is 72.6. The third-order valence-electron chi connectivity index (χ3n) is 21.7. The van der Waals surface area contributed by atoms with E-state index in [0.717, 1.165) is 66.9 Å². The number of aromatic nitrogens is 8. The number of hydrogen-bond acceptors (Lipinski definition) is 19. The number of carbonyl (C=O) groups excluding carboxylic acids is 3. The number of carboxylic acid groups (broad SMARTS) is 1. The second-order valence-corrected chi connectivity index (χ2v) is 37.8. The van der Waals surface area contributed by atoms with Gasteiger partial charge in [-0.15, -0.1) is 0 Å². The number of rotatable bonds is 14. The van der Waals surface area contributed by atoms with Crippen LogP contribution < -0.4 is 41.4 Å². The molecular formula is C85H90F4LiN13O16S4. The van der Waals surface area contributed by atoms with Gasteiger partial charge in [0.25, 0.3) is 5.91 Å². The number of carbonyl (C=O) groups is 4. The van der Waals surface area contributed by atoms with E-state index in [-0.39, 0.29) is 89.4 Å². The summed E-state index contributed by atoms with van der Waals surface area (Å²) in [6.45, 7) is 15.5. The predicted molar refractivity (Wildman–Crippen MR) is 457 cm³/mol. The van der Waals surface area contributed by atoms with Crippen molar-refractivity contribution in [2.24, 2.45) is 0 Å². The molecule has 3 atom stereocenters. The van der Waals surface area contributed by atoms with E-state index in [1.165, 1.54) is 128 Å². The van der Waals surface area contributed by atoms with Crippen LogP contribution in [0.3, 0.4) is 0 Å². The van der Waals surface area contributed by atoms with Gasteiger partial charge in [0.2, 0.25) is 40.1 Å². The van der Waals surface area contributed by atoms with Gasteiger partial charge >= 0.3 is 36.8 Å². The summed E-state index contributed by atoms with van der Waals surface area (Å²) in [6, 6.07) is 29.7. The molecule has 0 bridgehead atoms. The molecule has 1 amide bonds. The number of aromatic carboxylic acids is 1. The summed E-state index contributed by atoms with van der Waals surface area (Å²) in [5, 5.41) is 30.6. The molecule has 4 aliphatic heterocycles. The largest absolute Gasteiger partial charge is 1.00 e. The van der Waals surface area contributed by atoms with Crippen LogP contribution in [0.15, 0.2) is 153 Å². The first kappa shape index (κ1) is 92.3. The smallest absolute Gasteiger partial charge is 0.870 e. The SMILES string of the molecule is C=C1CCCN(S(C)(=O)=O)c2cn3nc(-c4ccc(F)cc4)c(C(=O)OCC)c3cc21.CC1CCCN(S(C)(=O)=O)c2cn3nc(-c4ccc(F)cc4)c(C(=O)O)c3cc21.CCOC(=O)c1c(-c2ccc(F)cc2)nn2cc3c(cc12)C(C)CCCN3S(C)(=O)=O.CNC(=O)c1c(-c2ccc(F)cc2)nn2cc3c(cc12)C(C)CCCN3S(C)(=O)=O.[Li+].[OH-]. The van der Waals surface area contributed by atoms with E-state index < -0.39 is 75.5 Å². The Morgan fingerprint density at radius 2 is 0.707 bits per heavy atom. The molecule has 0 saturated heterocycles. The fourth-order valence-corrected chi connectivity index (χ4v) is 19.7. The first-order valence-corrected chi connectivity index (χ1v) is 46.3. The molecule has 0 fully saturated rings. The third-order valence-corrected chi connectivity index (χ3v) is 26.4. The predicted octanol–water partition coefficient (Wildman–Crippen LogP) is 11.4. The van der Waals surface area contributed by atoms with Gasteiger partial charge in [-0.05, 0) is 227 Å². The van der Waals surface area contributed by atoms with Gasteiger partial charge in [-0.3, -0.25) is 22.0 Å². The summed E-state index contributed by atoms with van der Waals surface area (Å²) in [4.78, 5) is 50.5. The number of pyridine rings is 4. The molecule has 123 heavy (non-hydrogen) atoms. The molecule has 12 heterocycles. The van der Waals surface area contributed by atoms with Crippen molar-refractivity contribution in [1.29, 1.82) is 0 Å². The van der Waals surface area contributed by atoms with Gasteiger partial charge < -0.3 is 25.4 Å². The number of anilines is 4. The zero-order chi connectivity index (χ0) is 87.2. The molecule has 16 rings (SSSR count). The average Bonchev–Trinajstić information content (AvgIpc) is 1.61. The molecule has 4 aliphatic rings. The van der Waals surface area contributed by atoms with Crippen molar-refractivity contribution in [3.8, 4) is 45.0 Å². The molecule has 0 spiro atoms. The van der Waals surface area contributed by atoms with Gasteiger partial charge in [-0.2, -0.15) is 20.4 Å². The molecule has 0 aliphatic carbocycles. The van der Waals surface area contributed by atoms with Crippen LogP contribution in [0.25, 0.3) is 72.7 Å². The van der Waals surface area contributed by atoms with Gasteiger partial charge in [0.1, 0.15) is 62.7 Å². The molecule has 12 aromatic rings. The number of hydrogen-bond donors (Lipinski definition) is 2. The first-order valence-electron chi connectivity index (χ1n) is 39.0. The third kappa shape index (κ3) is 19.2. The number of sulfonamides is 4. The topological polar surface area (TPSA) is 368 Å². The van der Waals surface area contributed by atoms with Crippen molar-refractivity contribution in [1.82, 2.24) is 43.8 Å². The van der Waals surface area contributed by atoms with Crippen LogP contribution in [0, 0.1) is 23.3 Å². The molecule has 644 valence electrons. The van der Waals surface area contributed by atoms with Crippen LogP contribution in [0.1, 0.15) is 167 Å². The standard InChI is InChI=1S/C22H24FN3O4S.C22H22FN3O4S.C21H23FN4O3S.C20H20FN3O4S.Li.H2O/c2*1-4-30-22(27)20-18-12-17-14(2)6-5-11-26(31(3,28)29)19(17)13-25(18)24-21(20)15-7-9-16(23)10-8-15;1-13-5-4-10-26(30(3,28)29)18-12-25-17(11-16(13)18)19(21(27)23-2)20(24-25)14-6-8-15(22)9-7-14;1-12-4-3-9-24(29(2,27)28)17-11-23-16(10-15(12)17)18(20(25)26)19(22-23)13-5-7-14(21)8-6-13;;/h7-10,12-14H,4-6,11H2,1-3H3;7-10,12-13H,2,4-6,11H2,1,3H3;6-9,11-13H,4-5,10H2,1-3H3,(H,23,27);5-8,10-12H,3-4,9H2,1-2H3,(H,25,26);;1H2/q;;;;+1;/p-1. The Hall–Kier alpha value is -11.5. The molecule has 0 saturated carbocycles. The number of fused-ring (bicyclic) bond motifs is 8. The van der Waals surface area contributed by atoms with Crippen molar-refractivity contribution in [3.05, 3.63) is 220 Å². The maximum absolute atomic E-state index is 13.4. The summed E-state index contributed by atoms with van der Waals surface area (Å²) in [6.07, 6.45) is 17.1. The van der Waals surface area contributed by atoms with Crippen LogP contribution in [0.4, 0.5) is 40.3 Å². The van der Waals surface area contributed by atoms with Crippen LogP contribution in [-0.2, 0) is 49.6 Å². The summed E-state index contributed by atoms with van der Waals surface area (Å²) >= 11 is 0. The molecule has 29 nitrogen and oxygen atoms in total. The first-order chi connectivity index (χ1) is 57.3. The van der Waals surface area contributed by atoms with Crippen molar-refractivity contribution in [2.45, 2.75) is 104 Å². The Kier molecular flexibility index (Phi) is 27.7. The van der Waals surface area contributed by atoms with E-state index >= 15 is 0 Å². The summed E-state index contributed by atoms with van der Waals surface area (Å²) in [7, 11) is -12.4. The number of benzene rings is 4. The summed E-state index contributed by atoms with van der Waals surface area (Å²) in [5.74, 6) is -3.88. The van der Waals surface area contributed by atoms with Crippen molar-refractivity contribution < 1.29 is 109 Å². The van der Waals surface area contributed by atoms with Gasteiger partial charge in [0.05, 0.1) is 113 Å². The maximum Gasteiger partial charge on any atom is 1.00 e. The minimum Gasteiger partial charge on any atom is -0.870 e. The van der Waals surface area contributed by atoms with Crippen LogP contribution in [-0.4, -0.2) is 178 Å². The van der Waals surface area contributed by atoms with Crippen LogP contribution in [0.2, 0.25) is 0 Å². The van der Waals surface area contributed by atoms with Crippen molar-refractivity contribution in [3.63, 3.8) is 0 Å². The van der Waals surface area contributed by atoms with Crippen molar-refractivity contribution in [2.75, 3.05) is 88.7 Å². The Morgan fingerprint density at radius 1 is 0.439 bits per heavy atom. The fraction of sp³-hybridized carbons (Fsp3) is 0.318. The van der Waals surface area contributed by atoms with Crippen LogP contribution >= 0.6 is 0 Å². The minimum atomic E-state index is -3.52. The quantitative estimate of drug-likeness (QED) is 0.0580. The molecule has 38 heteroatoms. The number of allylic oxidation sites excluding steroid dienone is 1. The molecule has 3 N–H and O–H groups in total. The molecule has 4 aromatic carbocycles. The Balaban J connectivity index is 0.000000159. The van der Waals surface area contributed by atoms with E-state index in [2.05, 4.69) is 39.2 Å². The number of nitrogens with zero attached hydrogens (tertiary/aromatic N) is 12. The second kappa shape index (κ2) is 36.9. The van der Waals surface area contributed by atoms with Crippen LogP contribution in [0.5, 0.6) is 0 Å². The second-order valence-electron chi connectivity index (χ2n) is 30.2. The number of halogens is 4. The van der Waals surface area contributed by atoms with Gasteiger partial charge in [-0.1, -0.05) is 27.4 Å². The van der Waals surface area contributed by atoms with Gasteiger partial charge in [-0.25, -0.2) is 83.7 Å². The number of carboxylic acids is 1. The van der Waals surface area contributed by atoms with E-state index in [1.54, 1.807) is 75.0 Å². The van der Waals surface area contributed by atoms with E-state index in [4.69, 9.17) is 9.47 Å². The monoisotopic (exact) mass is 1760 g/mol. The van der Waals surface area contributed by atoms with Crippen molar-refractivity contribution >= 4 is 114 Å². The zero-order valence-electron chi connectivity index (χ0n) is 69.3. The van der Waals surface area contributed by atoms with E-state index in [9.17, 15) is 75.5 Å². The molecule has 8 aromatic heterocycles. The summed E-state index contributed by atoms with van der Waals surface area (Å²) in [5.41, 5.74) is 12.3. The molecular weight excluding hydrogens is 1670 g/mol. The Morgan fingerprint density at radius 3 is 1.01 bits per heavy atom. The molecule has 3 unspecified atom stereocenters. The fourth-order valence-electron chi connectivity index (χ4n) is 15.8. The maximum atomic E-state index is 13.4. The Bertz CT molecular complexity index is 6590. The Labute approximate surface area is 720 Å². The summed E-state index contributed by atoms with van der Waals surface area (Å²) < 4.78 is 175. The average molecular weight is 1760 g/mol. The number of amides is 1. The number of esters is 2. The minimum absolute atomic E-state index is 0. The molecule has 0 radical (unpaired) electrons. The van der Waals surface area contributed by atoms with E-state index in [0.29, 0.717) is 141 Å². The van der Waals surface area contributed by atoms with Gasteiger partial charge in [0, 0.05) is 61.0 Å². The van der Waals surface area contributed by atoms with Gasteiger partial charge in [0.15, 0.2) is 0 Å². The normalized spacial score (nSPS) is 16.0.